The van der Waals surface area contributed by atoms with Crippen molar-refractivity contribution in [1.82, 2.24) is 5.32 Å². The molecule has 4 heteroatoms. The van der Waals surface area contributed by atoms with Crippen LogP contribution in [0.2, 0.25) is 0 Å². The highest BCUT2D eigenvalue weighted by Gasteiger charge is 2.13. The van der Waals surface area contributed by atoms with Gasteiger partial charge in [0.1, 0.15) is 6.61 Å². The van der Waals surface area contributed by atoms with E-state index in [1.54, 1.807) is 0 Å². The van der Waals surface area contributed by atoms with Gasteiger partial charge in [-0.2, -0.15) is 0 Å². The number of para-hydroxylation sites is 1. The van der Waals surface area contributed by atoms with E-state index >= 15 is 0 Å². The van der Waals surface area contributed by atoms with Gasteiger partial charge in [-0.15, -0.1) is 0 Å². The smallest absolute Gasteiger partial charge is 0.246 e. The second-order valence-electron chi connectivity index (χ2n) is 5.30. The maximum Gasteiger partial charge on any atom is 0.246 e. The molecule has 0 aliphatic heterocycles. The molecule has 0 heterocycles. The van der Waals surface area contributed by atoms with E-state index in [1.165, 1.54) is 0 Å². The molecule has 1 amide bonds. The van der Waals surface area contributed by atoms with Gasteiger partial charge < -0.3 is 15.8 Å². The van der Waals surface area contributed by atoms with Crippen molar-refractivity contribution in [3.05, 3.63) is 29.8 Å². The van der Waals surface area contributed by atoms with E-state index in [-0.39, 0.29) is 18.1 Å². The van der Waals surface area contributed by atoms with Crippen LogP contribution in [0, 0.1) is 0 Å². The fraction of sp³-hybridized carbons (Fsp3) is 0.500. The summed E-state index contributed by atoms with van der Waals surface area (Å²) < 4.78 is 5.33. The normalized spacial score (nSPS) is 11.3. The number of benzene rings is 1. The molecule has 0 spiro atoms. The zero-order valence-corrected chi connectivity index (χ0v) is 11.3. The molecule has 0 aromatic heterocycles. The van der Waals surface area contributed by atoms with E-state index in [0.29, 0.717) is 6.61 Å². The van der Waals surface area contributed by atoms with Crippen molar-refractivity contribution in [2.75, 3.05) is 18.9 Å². The van der Waals surface area contributed by atoms with Gasteiger partial charge in [0.05, 0.1) is 6.61 Å². The lowest BCUT2D eigenvalue weighted by Crippen LogP contribution is -2.42. The Hall–Kier alpha value is -1.55. The third kappa shape index (κ3) is 5.68. The summed E-state index contributed by atoms with van der Waals surface area (Å²) in [6.45, 7) is 6.40. The number of ether oxygens (including phenoxy) is 1. The molecule has 0 radical (unpaired) electrons. The second-order valence-corrected chi connectivity index (χ2v) is 5.30. The van der Waals surface area contributed by atoms with Crippen molar-refractivity contribution in [2.24, 2.45) is 0 Å². The summed E-state index contributed by atoms with van der Waals surface area (Å²) in [5.41, 5.74) is 7.41. The number of anilines is 1. The summed E-state index contributed by atoms with van der Waals surface area (Å²) in [5.74, 6) is -0.0940. The molecular weight excluding hydrogens is 228 g/mol. The molecule has 4 nitrogen and oxygen atoms in total. The lowest BCUT2D eigenvalue weighted by molar-refractivity contribution is -0.127. The summed E-state index contributed by atoms with van der Waals surface area (Å²) in [6, 6.07) is 7.67. The summed E-state index contributed by atoms with van der Waals surface area (Å²) in [5, 5.41) is 2.84. The Labute approximate surface area is 109 Å². The molecule has 0 unspecified atom stereocenters. The third-order valence-electron chi connectivity index (χ3n) is 2.32. The number of rotatable bonds is 5. The van der Waals surface area contributed by atoms with Crippen molar-refractivity contribution >= 4 is 11.6 Å². The average molecular weight is 250 g/mol. The average Bonchev–Trinajstić information content (AvgIpc) is 2.24. The van der Waals surface area contributed by atoms with E-state index < -0.39 is 0 Å². The van der Waals surface area contributed by atoms with Crippen LogP contribution in [0.4, 0.5) is 5.69 Å². The summed E-state index contributed by atoms with van der Waals surface area (Å²) in [4.78, 5) is 11.5. The molecule has 0 saturated carbocycles. The summed E-state index contributed by atoms with van der Waals surface area (Å²) >= 11 is 0. The van der Waals surface area contributed by atoms with E-state index in [2.05, 4.69) is 5.32 Å². The zero-order chi connectivity index (χ0) is 13.6. The van der Waals surface area contributed by atoms with Crippen LogP contribution >= 0.6 is 0 Å². The number of carbonyl (C=O) groups excluding carboxylic acids is 1. The van der Waals surface area contributed by atoms with Crippen LogP contribution in [0.5, 0.6) is 0 Å². The van der Waals surface area contributed by atoms with E-state index in [0.717, 1.165) is 17.7 Å². The quantitative estimate of drug-likeness (QED) is 0.618. The first-order valence-corrected chi connectivity index (χ1v) is 6.10. The third-order valence-corrected chi connectivity index (χ3v) is 2.32. The monoisotopic (exact) mass is 250 g/mol. The van der Waals surface area contributed by atoms with Gasteiger partial charge in [0.15, 0.2) is 0 Å². The standard InChI is InChI=1S/C14H22N2O2/c1-14(2,3)16-13(17)10-18-9-8-11-6-4-5-7-12(11)15/h4-7H,8-10,15H2,1-3H3,(H,16,17). The van der Waals surface area contributed by atoms with Crippen LogP contribution in [0.1, 0.15) is 26.3 Å². The lowest BCUT2D eigenvalue weighted by Gasteiger charge is -2.20. The molecule has 0 atom stereocenters. The van der Waals surface area contributed by atoms with Crippen LogP contribution in [0.15, 0.2) is 24.3 Å². The first-order chi connectivity index (χ1) is 8.38. The number of hydrogen-bond donors (Lipinski definition) is 2. The van der Waals surface area contributed by atoms with Gasteiger partial charge in [-0.25, -0.2) is 0 Å². The molecule has 1 aromatic rings. The Balaban J connectivity index is 2.23. The molecule has 18 heavy (non-hydrogen) atoms. The molecular formula is C14H22N2O2. The SMILES string of the molecule is CC(C)(C)NC(=O)COCCc1ccccc1N. The minimum atomic E-state index is -0.218. The van der Waals surface area contributed by atoms with Gasteiger partial charge in [-0.3, -0.25) is 4.79 Å². The number of nitrogen functional groups attached to an aromatic ring is 1. The molecule has 0 fully saturated rings. The summed E-state index contributed by atoms with van der Waals surface area (Å²) in [6.07, 6.45) is 0.718. The van der Waals surface area contributed by atoms with Crippen molar-refractivity contribution in [2.45, 2.75) is 32.7 Å². The zero-order valence-electron chi connectivity index (χ0n) is 11.3. The van der Waals surface area contributed by atoms with Crippen LogP contribution in [0.25, 0.3) is 0 Å². The van der Waals surface area contributed by atoms with E-state index in [1.807, 2.05) is 45.0 Å². The van der Waals surface area contributed by atoms with Gasteiger partial charge in [0.2, 0.25) is 5.91 Å². The number of nitrogens with two attached hydrogens (primary N) is 1. The topological polar surface area (TPSA) is 64.3 Å². The molecule has 0 aliphatic carbocycles. The molecule has 0 bridgehead atoms. The highest BCUT2D eigenvalue weighted by Crippen LogP contribution is 2.10. The van der Waals surface area contributed by atoms with Gasteiger partial charge in [-0.1, -0.05) is 18.2 Å². The lowest BCUT2D eigenvalue weighted by atomic mass is 10.1. The Morgan fingerprint density at radius 2 is 2.00 bits per heavy atom. The maximum atomic E-state index is 11.5. The van der Waals surface area contributed by atoms with Crippen LogP contribution in [-0.4, -0.2) is 24.7 Å². The number of carbonyl (C=O) groups is 1. The molecule has 0 aliphatic rings. The van der Waals surface area contributed by atoms with Crippen LogP contribution in [-0.2, 0) is 16.0 Å². The predicted molar refractivity (Wildman–Crippen MR) is 73.3 cm³/mol. The Bertz CT molecular complexity index is 397. The predicted octanol–water partition coefficient (Wildman–Crippen LogP) is 1.74. The molecule has 1 rings (SSSR count). The van der Waals surface area contributed by atoms with Gasteiger partial charge in [-0.05, 0) is 38.8 Å². The Morgan fingerprint density at radius 1 is 1.33 bits per heavy atom. The minimum Gasteiger partial charge on any atom is -0.399 e. The molecule has 1 aromatic carbocycles. The van der Waals surface area contributed by atoms with Crippen molar-refractivity contribution in [3.8, 4) is 0 Å². The first kappa shape index (κ1) is 14.5. The Morgan fingerprint density at radius 3 is 2.61 bits per heavy atom. The van der Waals surface area contributed by atoms with E-state index in [4.69, 9.17) is 10.5 Å². The minimum absolute atomic E-state index is 0.0873. The summed E-state index contributed by atoms with van der Waals surface area (Å²) in [7, 11) is 0. The van der Waals surface area contributed by atoms with Crippen molar-refractivity contribution in [3.63, 3.8) is 0 Å². The number of nitrogens with one attached hydrogen (secondary N) is 1. The van der Waals surface area contributed by atoms with E-state index in [9.17, 15) is 4.79 Å². The molecule has 0 saturated heterocycles. The number of hydrogen-bond acceptors (Lipinski definition) is 3. The van der Waals surface area contributed by atoms with Crippen molar-refractivity contribution in [1.29, 1.82) is 0 Å². The number of amides is 1. The molecule has 100 valence electrons. The van der Waals surface area contributed by atoms with Crippen LogP contribution < -0.4 is 11.1 Å². The first-order valence-electron chi connectivity index (χ1n) is 6.10. The maximum absolute atomic E-state index is 11.5. The van der Waals surface area contributed by atoms with Crippen LogP contribution in [0.3, 0.4) is 0 Å². The van der Waals surface area contributed by atoms with Gasteiger partial charge in [0, 0.05) is 11.2 Å². The fourth-order valence-electron chi connectivity index (χ4n) is 1.56. The highest BCUT2D eigenvalue weighted by atomic mass is 16.5. The van der Waals surface area contributed by atoms with Gasteiger partial charge in [0.25, 0.3) is 0 Å². The van der Waals surface area contributed by atoms with Gasteiger partial charge >= 0.3 is 0 Å². The largest absolute Gasteiger partial charge is 0.399 e. The Kier molecular flexibility index (Phi) is 5.16. The second kappa shape index (κ2) is 6.40. The fourth-order valence-corrected chi connectivity index (χ4v) is 1.56. The molecule has 3 N–H and O–H groups in total. The highest BCUT2D eigenvalue weighted by molar-refractivity contribution is 5.77. The van der Waals surface area contributed by atoms with Crippen molar-refractivity contribution < 1.29 is 9.53 Å².